The van der Waals surface area contributed by atoms with Gasteiger partial charge in [-0.1, -0.05) is 18.2 Å². The van der Waals surface area contributed by atoms with Crippen molar-refractivity contribution in [3.05, 3.63) is 47.3 Å². The molecule has 0 bridgehead atoms. The number of carbonyl (C=O) groups is 1. The van der Waals surface area contributed by atoms with Crippen LogP contribution in [-0.4, -0.2) is 37.8 Å². The van der Waals surface area contributed by atoms with Gasteiger partial charge in [0.25, 0.3) is 10.0 Å². The van der Waals surface area contributed by atoms with Gasteiger partial charge in [-0.05, 0) is 55.8 Å². The van der Waals surface area contributed by atoms with Gasteiger partial charge in [0, 0.05) is 19.6 Å². The molecule has 0 aliphatic carbocycles. The number of benzene rings is 1. The van der Waals surface area contributed by atoms with Crippen LogP contribution in [0.1, 0.15) is 32.3 Å². The Hall–Kier alpha value is -1.90. The van der Waals surface area contributed by atoms with E-state index >= 15 is 0 Å². The predicted molar refractivity (Wildman–Crippen MR) is 110 cm³/mol. The maximum atomic E-state index is 12.7. The van der Waals surface area contributed by atoms with Crippen molar-refractivity contribution in [3.63, 3.8) is 0 Å². The van der Waals surface area contributed by atoms with Crippen molar-refractivity contribution in [2.24, 2.45) is 5.92 Å². The largest absolute Gasteiger partial charge is 0.491 e. The second-order valence-electron chi connectivity index (χ2n) is 7.17. The van der Waals surface area contributed by atoms with E-state index in [-0.39, 0.29) is 24.5 Å². The number of thiophene rings is 1. The number of hydrogen-bond donors (Lipinski definition) is 1. The third kappa shape index (κ3) is 5.12. The van der Waals surface area contributed by atoms with E-state index in [1.54, 1.807) is 17.5 Å². The predicted octanol–water partition coefficient (Wildman–Crippen LogP) is 3.25. The zero-order valence-electron chi connectivity index (χ0n) is 16.1. The zero-order valence-corrected chi connectivity index (χ0v) is 17.8. The molecule has 6 nitrogen and oxygen atoms in total. The van der Waals surface area contributed by atoms with Gasteiger partial charge < -0.3 is 10.1 Å². The molecule has 0 saturated carbocycles. The molecule has 0 spiro atoms. The van der Waals surface area contributed by atoms with E-state index in [1.165, 1.54) is 15.6 Å². The fourth-order valence-electron chi connectivity index (χ4n) is 3.25. The topological polar surface area (TPSA) is 75.7 Å². The highest BCUT2D eigenvalue weighted by Crippen LogP contribution is 2.26. The van der Waals surface area contributed by atoms with E-state index in [0.29, 0.717) is 30.1 Å². The van der Waals surface area contributed by atoms with Crippen LogP contribution in [-0.2, 0) is 21.4 Å². The summed E-state index contributed by atoms with van der Waals surface area (Å²) >= 11 is 1.20. The summed E-state index contributed by atoms with van der Waals surface area (Å²) in [5, 5.41) is 4.69. The standard InChI is InChI=1S/C20H26N2O4S2/c1-15(2)26-18-8-3-6-16(12-18)13-21-20(23)17-7-4-10-22(14-17)28(24,25)19-9-5-11-27-19/h3,5-6,8-9,11-12,15,17H,4,7,10,13-14H2,1-2H3,(H,21,23)/t17-/m1/s1. The van der Waals surface area contributed by atoms with Crippen LogP contribution in [0, 0.1) is 5.92 Å². The van der Waals surface area contributed by atoms with Crippen LogP contribution in [0.5, 0.6) is 5.75 Å². The minimum Gasteiger partial charge on any atom is -0.491 e. The third-order valence-electron chi connectivity index (χ3n) is 4.58. The van der Waals surface area contributed by atoms with E-state index in [0.717, 1.165) is 11.3 Å². The number of amides is 1. The lowest BCUT2D eigenvalue weighted by atomic mass is 9.99. The molecular formula is C20H26N2O4S2. The van der Waals surface area contributed by atoms with Crippen molar-refractivity contribution in [1.29, 1.82) is 0 Å². The van der Waals surface area contributed by atoms with Gasteiger partial charge in [-0.2, -0.15) is 4.31 Å². The summed E-state index contributed by atoms with van der Waals surface area (Å²) in [6.07, 6.45) is 1.46. The van der Waals surface area contributed by atoms with Gasteiger partial charge in [-0.25, -0.2) is 8.42 Å². The van der Waals surface area contributed by atoms with Crippen LogP contribution in [0.3, 0.4) is 0 Å². The van der Waals surface area contributed by atoms with Gasteiger partial charge >= 0.3 is 0 Å². The van der Waals surface area contributed by atoms with Crippen molar-refractivity contribution >= 4 is 27.3 Å². The maximum absolute atomic E-state index is 12.7. The summed E-state index contributed by atoms with van der Waals surface area (Å²) in [5.41, 5.74) is 0.949. The lowest BCUT2D eigenvalue weighted by molar-refractivity contribution is -0.126. The Bertz CT molecular complexity index is 895. The number of nitrogens with zero attached hydrogens (tertiary/aromatic N) is 1. The molecule has 1 atom stereocenters. The molecule has 28 heavy (non-hydrogen) atoms. The second-order valence-corrected chi connectivity index (χ2v) is 10.3. The molecule has 1 aromatic carbocycles. The molecule has 1 N–H and O–H groups in total. The van der Waals surface area contributed by atoms with E-state index < -0.39 is 10.0 Å². The zero-order chi connectivity index (χ0) is 20.1. The van der Waals surface area contributed by atoms with Crippen LogP contribution in [0.15, 0.2) is 46.0 Å². The second kappa shape index (κ2) is 9.07. The summed E-state index contributed by atoms with van der Waals surface area (Å²) < 4.78 is 32.9. The summed E-state index contributed by atoms with van der Waals surface area (Å²) in [7, 11) is -3.51. The fourth-order valence-corrected chi connectivity index (χ4v) is 5.92. The van der Waals surface area contributed by atoms with Crippen molar-refractivity contribution in [2.45, 2.75) is 43.5 Å². The number of carbonyl (C=O) groups excluding carboxylic acids is 1. The Morgan fingerprint density at radius 2 is 2.14 bits per heavy atom. The monoisotopic (exact) mass is 422 g/mol. The Balaban J connectivity index is 1.59. The molecule has 2 heterocycles. The van der Waals surface area contributed by atoms with Crippen LogP contribution in [0.2, 0.25) is 0 Å². The smallest absolute Gasteiger partial charge is 0.252 e. The first-order valence-electron chi connectivity index (χ1n) is 9.43. The van der Waals surface area contributed by atoms with Gasteiger partial charge in [0.05, 0.1) is 12.0 Å². The van der Waals surface area contributed by atoms with Crippen LogP contribution in [0.4, 0.5) is 0 Å². The summed E-state index contributed by atoms with van der Waals surface area (Å²) in [4.78, 5) is 12.6. The minimum absolute atomic E-state index is 0.0864. The molecule has 0 radical (unpaired) electrons. The van der Waals surface area contributed by atoms with Gasteiger partial charge in [-0.3, -0.25) is 4.79 Å². The SMILES string of the molecule is CC(C)Oc1cccc(CNC(=O)[C@@H]2CCCN(S(=O)(=O)c3cccs3)C2)c1. The minimum atomic E-state index is -3.51. The van der Waals surface area contributed by atoms with Crippen molar-refractivity contribution < 1.29 is 17.9 Å². The first kappa shape index (κ1) is 20.8. The van der Waals surface area contributed by atoms with Crippen molar-refractivity contribution in [3.8, 4) is 5.75 Å². The van der Waals surface area contributed by atoms with E-state index in [4.69, 9.17) is 4.74 Å². The summed E-state index contributed by atoms with van der Waals surface area (Å²) in [6.45, 7) is 5.00. The van der Waals surface area contributed by atoms with Gasteiger partial charge in [0.15, 0.2) is 0 Å². The number of nitrogens with one attached hydrogen (secondary N) is 1. The molecule has 1 aliphatic heterocycles. The molecular weight excluding hydrogens is 396 g/mol. The number of sulfonamides is 1. The molecule has 1 aromatic heterocycles. The van der Waals surface area contributed by atoms with E-state index in [1.807, 2.05) is 38.1 Å². The Morgan fingerprint density at radius 1 is 1.32 bits per heavy atom. The molecule has 8 heteroatoms. The molecule has 152 valence electrons. The number of ether oxygens (including phenoxy) is 1. The van der Waals surface area contributed by atoms with Crippen molar-refractivity contribution in [2.75, 3.05) is 13.1 Å². The lowest BCUT2D eigenvalue weighted by Gasteiger charge is -2.30. The highest BCUT2D eigenvalue weighted by atomic mass is 32.2. The highest BCUT2D eigenvalue weighted by molar-refractivity contribution is 7.91. The average Bonchev–Trinajstić information content (AvgIpc) is 3.22. The van der Waals surface area contributed by atoms with Crippen LogP contribution < -0.4 is 10.1 Å². The molecule has 1 amide bonds. The molecule has 3 rings (SSSR count). The quantitative estimate of drug-likeness (QED) is 0.743. The summed E-state index contributed by atoms with van der Waals surface area (Å²) in [5.74, 6) is 0.326. The lowest BCUT2D eigenvalue weighted by Crippen LogP contribution is -2.45. The number of hydrogen-bond acceptors (Lipinski definition) is 5. The summed E-state index contributed by atoms with van der Waals surface area (Å²) in [6, 6.07) is 11.0. The van der Waals surface area contributed by atoms with Gasteiger partial charge in [-0.15, -0.1) is 11.3 Å². The number of piperidine rings is 1. The van der Waals surface area contributed by atoms with Crippen LogP contribution in [0.25, 0.3) is 0 Å². The fraction of sp³-hybridized carbons (Fsp3) is 0.450. The molecule has 0 unspecified atom stereocenters. The Kier molecular flexibility index (Phi) is 6.74. The van der Waals surface area contributed by atoms with E-state index in [9.17, 15) is 13.2 Å². The molecule has 2 aromatic rings. The normalized spacial score (nSPS) is 18.2. The van der Waals surface area contributed by atoms with Gasteiger partial charge in [0.2, 0.25) is 5.91 Å². The molecule has 1 aliphatic rings. The number of rotatable bonds is 7. The first-order chi connectivity index (χ1) is 13.4. The van der Waals surface area contributed by atoms with Crippen LogP contribution >= 0.6 is 11.3 Å². The average molecular weight is 423 g/mol. The highest BCUT2D eigenvalue weighted by Gasteiger charge is 2.33. The third-order valence-corrected chi connectivity index (χ3v) is 7.82. The Morgan fingerprint density at radius 3 is 2.86 bits per heavy atom. The maximum Gasteiger partial charge on any atom is 0.252 e. The molecule has 1 saturated heterocycles. The van der Waals surface area contributed by atoms with Crippen molar-refractivity contribution in [1.82, 2.24) is 9.62 Å². The first-order valence-corrected chi connectivity index (χ1v) is 11.7. The van der Waals surface area contributed by atoms with Gasteiger partial charge in [0.1, 0.15) is 9.96 Å². The van der Waals surface area contributed by atoms with E-state index in [2.05, 4.69) is 5.32 Å². The Labute approximate surface area is 170 Å². The molecule has 1 fully saturated rings.